The zero-order valence-corrected chi connectivity index (χ0v) is 11.5. The van der Waals surface area contributed by atoms with E-state index in [1.807, 2.05) is 12.1 Å². The highest BCUT2D eigenvalue weighted by atomic mass is 16.7. The van der Waals surface area contributed by atoms with Crippen LogP contribution in [0, 0.1) is 10.1 Å². The molecule has 2 aliphatic rings. The molecule has 112 valence electrons. The van der Waals surface area contributed by atoms with Crippen LogP contribution < -0.4 is 9.47 Å². The molecule has 1 N–H and O–H groups in total. The number of allylic oxidation sites excluding steroid dienone is 1. The van der Waals surface area contributed by atoms with Crippen molar-refractivity contribution >= 4 is 0 Å². The van der Waals surface area contributed by atoms with Gasteiger partial charge in [0.25, 0.3) is 0 Å². The quantitative estimate of drug-likeness (QED) is 0.522. The summed E-state index contributed by atoms with van der Waals surface area (Å²) in [4.78, 5) is 10.7. The first-order valence-corrected chi connectivity index (χ1v) is 7.04. The summed E-state index contributed by atoms with van der Waals surface area (Å²) in [7, 11) is 0. The van der Waals surface area contributed by atoms with Crippen LogP contribution in [0.25, 0.3) is 0 Å². The van der Waals surface area contributed by atoms with E-state index in [0.29, 0.717) is 17.9 Å². The second-order valence-electron chi connectivity index (χ2n) is 5.33. The topological polar surface area (TPSA) is 81.8 Å². The molecule has 0 saturated heterocycles. The van der Waals surface area contributed by atoms with Gasteiger partial charge in [0.05, 0.1) is 12.0 Å². The standard InChI is InChI=1S/C15H17NO5/c17-13-4-2-1-3-11(13)12(8-16(18)19)10-5-6-14-15(7-10)21-9-20-14/h3,5-7,12-13,17H,1-2,4,8-9H2/t12-,13+/m0/s1. The number of aliphatic hydroxyl groups is 1. The molecule has 1 aliphatic carbocycles. The van der Waals surface area contributed by atoms with Crippen molar-refractivity contribution in [2.75, 3.05) is 13.3 Å². The molecule has 0 unspecified atom stereocenters. The zero-order chi connectivity index (χ0) is 14.8. The molecule has 21 heavy (non-hydrogen) atoms. The molecule has 3 rings (SSSR count). The minimum absolute atomic E-state index is 0.171. The van der Waals surface area contributed by atoms with Gasteiger partial charge in [0.1, 0.15) is 0 Å². The van der Waals surface area contributed by atoms with Crippen LogP contribution in [-0.2, 0) is 0 Å². The number of hydrogen-bond acceptors (Lipinski definition) is 5. The highest BCUT2D eigenvalue weighted by molar-refractivity contribution is 5.47. The van der Waals surface area contributed by atoms with Gasteiger partial charge in [-0.15, -0.1) is 0 Å². The van der Waals surface area contributed by atoms with Gasteiger partial charge in [0.15, 0.2) is 11.5 Å². The minimum Gasteiger partial charge on any atom is -0.454 e. The summed E-state index contributed by atoms with van der Waals surface area (Å²) in [6, 6.07) is 5.35. The molecule has 2 atom stereocenters. The number of hydrogen-bond donors (Lipinski definition) is 1. The van der Waals surface area contributed by atoms with Crippen LogP contribution in [0.2, 0.25) is 0 Å². The van der Waals surface area contributed by atoms with E-state index in [0.717, 1.165) is 24.0 Å². The van der Waals surface area contributed by atoms with Crippen LogP contribution in [0.5, 0.6) is 11.5 Å². The molecule has 1 aliphatic heterocycles. The summed E-state index contributed by atoms with van der Waals surface area (Å²) in [5, 5.41) is 21.2. The molecule has 1 aromatic carbocycles. The number of ether oxygens (including phenoxy) is 2. The molecule has 0 fully saturated rings. The van der Waals surface area contributed by atoms with Gasteiger partial charge in [0.2, 0.25) is 13.3 Å². The predicted molar refractivity (Wildman–Crippen MR) is 75.1 cm³/mol. The Labute approximate surface area is 122 Å². The van der Waals surface area contributed by atoms with Crippen molar-refractivity contribution in [1.29, 1.82) is 0 Å². The van der Waals surface area contributed by atoms with Crippen LogP contribution in [0.1, 0.15) is 30.7 Å². The van der Waals surface area contributed by atoms with Crippen LogP contribution in [0.15, 0.2) is 29.8 Å². The van der Waals surface area contributed by atoms with E-state index < -0.39 is 12.0 Å². The molecule has 6 nitrogen and oxygen atoms in total. The third-order valence-electron chi connectivity index (χ3n) is 3.98. The molecule has 0 amide bonds. The van der Waals surface area contributed by atoms with Gasteiger partial charge >= 0.3 is 0 Å². The SMILES string of the molecule is O=[N+]([O-])C[C@H](C1=CCCC[C@H]1O)c1ccc2c(c1)OCO2. The van der Waals surface area contributed by atoms with E-state index >= 15 is 0 Å². The number of benzene rings is 1. The Morgan fingerprint density at radius 1 is 1.38 bits per heavy atom. The minimum atomic E-state index is -0.603. The fourth-order valence-electron chi connectivity index (χ4n) is 2.94. The van der Waals surface area contributed by atoms with Crippen molar-refractivity contribution in [3.8, 4) is 11.5 Å². The largest absolute Gasteiger partial charge is 0.454 e. The molecule has 0 spiro atoms. The van der Waals surface area contributed by atoms with Crippen LogP contribution in [0.4, 0.5) is 0 Å². The van der Waals surface area contributed by atoms with Crippen LogP contribution >= 0.6 is 0 Å². The third kappa shape index (κ3) is 2.85. The first-order valence-electron chi connectivity index (χ1n) is 7.04. The van der Waals surface area contributed by atoms with E-state index in [9.17, 15) is 15.2 Å². The van der Waals surface area contributed by atoms with Gasteiger partial charge in [-0.1, -0.05) is 12.1 Å². The molecular weight excluding hydrogens is 274 g/mol. The van der Waals surface area contributed by atoms with Crippen LogP contribution in [0.3, 0.4) is 0 Å². The van der Waals surface area contributed by atoms with E-state index in [2.05, 4.69) is 0 Å². The molecule has 1 aromatic rings. The lowest BCUT2D eigenvalue weighted by molar-refractivity contribution is -0.482. The van der Waals surface area contributed by atoms with Crippen molar-refractivity contribution in [3.05, 3.63) is 45.5 Å². The monoisotopic (exact) mass is 291 g/mol. The fraction of sp³-hybridized carbons (Fsp3) is 0.467. The highest BCUT2D eigenvalue weighted by Crippen LogP contribution is 2.38. The first kappa shape index (κ1) is 13.9. The van der Waals surface area contributed by atoms with E-state index in [-0.39, 0.29) is 18.3 Å². The third-order valence-corrected chi connectivity index (χ3v) is 3.98. The number of aliphatic hydroxyl groups excluding tert-OH is 1. The Morgan fingerprint density at radius 2 is 2.19 bits per heavy atom. The fourth-order valence-corrected chi connectivity index (χ4v) is 2.94. The number of rotatable bonds is 4. The van der Waals surface area contributed by atoms with Gasteiger partial charge in [-0.05, 0) is 42.5 Å². The summed E-state index contributed by atoms with van der Waals surface area (Å²) >= 11 is 0. The molecule has 6 heteroatoms. The average molecular weight is 291 g/mol. The highest BCUT2D eigenvalue weighted by Gasteiger charge is 2.29. The maximum atomic E-state index is 11.0. The van der Waals surface area contributed by atoms with Gasteiger partial charge in [0, 0.05) is 4.92 Å². The maximum absolute atomic E-state index is 11.0. The lowest BCUT2D eigenvalue weighted by Gasteiger charge is -2.25. The van der Waals surface area contributed by atoms with Crippen molar-refractivity contribution in [3.63, 3.8) is 0 Å². The van der Waals surface area contributed by atoms with Crippen molar-refractivity contribution in [1.82, 2.24) is 0 Å². The Balaban J connectivity index is 1.95. The summed E-state index contributed by atoms with van der Waals surface area (Å²) in [6.45, 7) is -0.0629. The smallest absolute Gasteiger partial charge is 0.231 e. The van der Waals surface area contributed by atoms with E-state index in [1.165, 1.54) is 0 Å². The Morgan fingerprint density at radius 3 is 2.95 bits per heavy atom. The van der Waals surface area contributed by atoms with Crippen molar-refractivity contribution in [2.24, 2.45) is 0 Å². The average Bonchev–Trinajstić information content (AvgIpc) is 2.93. The second kappa shape index (κ2) is 5.73. The summed E-state index contributed by atoms with van der Waals surface area (Å²) in [5.41, 5.74) is 1.53. The lowest BCUT2D eigenvalue weighted by Crippen LogP contribution is -2.24. The number of nitrogens with zero attached hydrogens (tertiary/aromatic N) is 1. The van der Waals surface area contributed by atoms with Crippen molar-refractivity contribution < 1.29 is 19.5 Å². The predicted octanol–water partition coefficient (Wildman–Crippen LogP) is 2.25. The Kier molecular flexibility index (Phi) is 3.79. The summed E-state index contributed by atoms with van der Waals surface area (Å²) in [6.07, 6.45) is 3.76. The molecule has 1 heterocycles. The van der Waals surface area contributed by atoms with E-state index in [1.54, 1.807) is 12.1 Å². The molecule has 0 saturated carbocycles. The van der Waals surface area contributed by atoms with Gasteiger partial charge in [-0.3, -0.25) is 10.1 Å². The van der Waals surface area contributed by atoms with Gasteiger partial charge in [-0.25, -0.2) is 0 Å². The molecule has 0 aromatic heterocycles. The lowest BCUT2D eigenvalue weighted by atomic mass is 9.82. The Hall–Kier alpha value is -2.08. The van der Waals surface area contributed by atoms with Gasteiger partial charge in [-0.2, -0.15) is 0 Å². The van der Waals surface area contributed by atoms with Gasteiger partial charge < -0.3 is 14.6 Å². The van der Waals surface area contributed by atoms with Crippen LogP contribution in [-0.4, -0.2) is 29.5 Å². The van der Waals surface area contributed by atoms with Crippen molar-refractivity contribution in [2.45, 2.75) is 31.3 Å². The summed E-state index contributed by atoms with van der Waals surface area (Å²) in [5.74, 6) is 0.827. The Bertz CT molecular complexity index is 583. The van der Waals surface area contributed by atoms with E-state index in [4.69, 9.17) is 9.47 Å². The number of fused-ring (bicyclic) bond motifs is 1. The molecular formula is C15H17NO5. The first-order chi connectivity index (χ1) is 10.1. The zero-order valence-electron chi connectivity index (χ0n) is 11.5. The molecule has 0 radical (unpaired) electrons. The maximum Gasteiger partial charge on any atom is 0.231 e. The second-order valence-corrected chi connectivity index (χ2v) is 5.33. The molecule has 0 bridgehead atoms. The summed E-state index contributed by atoms with van der Waals surface area (Å²) < 4.78 is 10.6. The normalized spacial score (nSPS) is 21.8. The number of nitro groups is 1.